The van der Waals surface area contributed by atoms with Crippen LogP contribution in [0.4, 0.5) is 0 Å². The number of carbonyl (C=O) groups excluding carboxylic acids is 1. The molecule has 0 amide bonds. The molecule has 0 spiro atoms. The molecule has 1 unspecified atom stereocenters. The SMILES string of the molecule is CC(N)C=O.c1ccc(-c2ccccc2)cc1. The van der Waals surface area contributed by atoms with Gasteiger partial charge in [0.2, 0.25) is 0 Å². The van der Waals surface area contributed by atoms with E-state index in [9.17, 15) is 4.79 Å². The standard InChI is InChI=1S/C12H10.C3H7NO/c1-3-7-11(8-4-1)12-9-5-2-6-10-12;1-3(4)2-5/h1-10H;2-3H,4H2,1H3. The van der Waals surface area contributed by atoms with Gasteiger partial charge in [0.15, 0.2) is 0 Å². The number of carbonyl (C=O) groups is 1. The average Bonchev–Trinajstić information content (AvgIpc) is 2.41. The maximum Gasteiger partial charge on any atom is 0.136 e. The maximum absolute atomic E-state index is 9.38. The third kappa shape index (κ3) is 5.09. The van der Waals surface area contributed by atoms with Crippen molar-refractivity contribution in [2.45, 2.75) is 13.0 Å². The highest BCUT2D eigenvalue weighted by atomic mass is 16.1. The Labute approximate surface area is 102 Å². The Morgan fingerprint density at radius 1 is 0.882 bits per heavy atom. The second-order valence-electron chi connectivity index (χ2n) is 3.73. The highest BCUT2D eigenvalue weighted by Crippen LogP contribution is 2.17. The van der Waals surface area contributed by atoms with Gasteiger partial charge in [-0.25, -0.2) is 0 Å². The molecule has 2 N–H and O–H groups in total. The normalized spacial score (nSPS) is 10.9. The van der Waals surface area contributed by atoms with Crippen LogP contribution in [0.1, 0.15) is 6.92 Å². The predicted molar refractivity (Wildman–Crippen MR) is 71.6 cm³/mol. The molecule has 0 saturated heterocycles. The number of rotatable bonds is 2. The summed E-state index contributed by atoms with van der Waals surface area (Å²) in [6.07, 6.45) is 0.694. The molecule has 0 radical (unpaired) electrons. The van der Waals surface area contributed by atoms with Gasteiger partial charge in [0, 0.05) is 0 Å². The van der Waals surface area contributed by atoms with Crippen LogP contribution in [0, 0.1) is 0 Å². The van der Waals surface area contributed by atoms with Crippen LogP contribution in [0.15, 0.2) is 60.7 Å². The lowest BCUT2D eigenvalue weighted by molar-refractivity contribution is -0.108. The molecular weight excluding hydrogens is 210 g/mol. The van der Waals surface area contributed by atoms with Crippen molar-refractivity contribution < 1.29 is 4.79 Å². The molecule has 0 fully saturated rings. The molecule has 2 aromatic carbocycles. The van der Waals surface area contributed by atoms with Crippen molar-refractivity contribution in [3.63, 3.8) is 0 Å². The monoisotopic (exact) mass is 227 g/mol. The Morgan fingerprint density at radius 2 is 1.18 bits per heavy atom. The number of nitrogens with two attached hydrogens (primary N) is 1. The molecule has 2 aromatic rings. The second kappa shape index (κ2) is 7.36. The highest BCUT2D eigenvalue weighted by Gasteiger charge is 1.91. The van der Waals surface area contributed by atoms with E-state index < -0.39 is 0 Å². The Balaban J connectivity index is 0.000000249. The Kier molecular flexibility index (Phi) is 5.69. The van der Waals surface area contributed by atoms with Crippen LogP contribution in [-0.4, -0.2) is 12.3 Å². The lowest BCUT2D eigenvalue weighted by Gasteiger charge is -1.98. The lowest BCUT2D eigenvalue weighted by Crippen LogP contribution is -2.15. The van der Waals surface area contributed by atoms with E-state index in [-0.39, 0.29) is 6.04 Å². The van der Waals surface area contributed by atoms with E-state index in [0.717, 1.165) is 0 Å². The van der Waals surface area contributed by atoms with Crippen LogP contribution in [0.2, 0.25) is 0 Å². The molecule has 2 rings (SSSR count). The van der Waals surface area contributed by atoms with Gasteiger partial charge < -0.3 is 10.5 Å². The summed E-state index contributed by atoms with van der Waals surface area (Å²) in [6, 6.07) is 20.5. The third-order valence-corrected chi connectivity index (χ3v) is 2.10. The summed E-state index contributed by atoms with van der Waals surface area (Å²) in [4.78, 5) is 9.38. The number of hydrogen-bond donors (Lipinski definition) is 1. The maximum atomic E-state index is 9.38. The molecule has 0 aromatic heterocycles. The van der Waals surface area contributed by atoms with Crippen LogP contribution in [-0.2, 0) is 4.79 Å². The van der Waals surface area contributed by atoms with Crippen molar-refractivity contribution >= 4 is 6.29 Å². The molecule has 2 nitrogen and oxygen atoms in total. The Hall–Kier alpha value is -1.93. The molecule has 0 aliphatic carbocycles. The number of benzene rings is 2. The average molecular weight is 227 g/mol. The van der Waals surface area contributed by atoms with Crippen molar-refractivity contribution in [2.24, 2.45) is 5.73 Å². The van der Waals surface area contributed by atoms with E-state index in [0.29, 0.717) is 6.29 Å². The van der Waals surface area contributed by atoms with E-state index >= 15 is 0 Å². The van der Waals surface area contributed by atoms with Gasteiger partial charge >= 0.3 is 0 Å². The third-order valence-electron chi connectivity index (χ3n) is 2.10. The lowest BCUT2D eigenvalue weighted by atomic mass is 10.1. The second-order valence-corrected chi connectivity index (χ2v) is 3.73. The Bertz CT molecular complexity index is 386. The van der Waals surface area contributed by atoms with Crippen molar-refractivity contribution in [1.29, 1.82) is 0 Å². The van der Waals surface area contributed by atoms with Gasteiger partial charge in [-0.1, -0.05) is 60.7 Å². The molecule has 0 heterocycles. The molecule has 2 heteroatoms. The van der Waals surface area contributed by atoms with E-state index in [1.54, 1.807) is 6.92 Å². The van der Waals surface area contributed by atoms with Crippen molar-refractivity contribution in [3.05, 3.63) is 60.7 Å². The summed E-state index contributed by atoms with van der Waals surface area (Å²) in [7, 11) is 0. The van der Waals surface area contributed by atoms with Gasteiger partial charge in [-0.2, -0.15) is 0 Å². The van der Waals surface area contributed by atoms with E-state index in [1.165, 1.54) is 11.1 Å². The van der Waals surface area contributed by atoms with E-state index in [4.69, 9.17) is 5.73 Å². The fourth-order valence-electron chi connectivity index (χ4n) is 1.26. The van der Waals surface area contributed by atoms with Crippen LogP contribution in [0.25, 0.3) is 11.1 Å². The van der Waals surface area contributed by atoms with Gasteiger partial charge in [0.05, 0.1) is 6.04 Å². The zero-order valence-corrected chi connectivity index (χ0v) is 9.91. The molecule has 17 heavy (non-hydrogen) atoms. The summed E-state index contributed by atoms with van der Waals surface area (Å²) < 4.78 is 0. The fourth-order valence-corrected chi connectivity index (χ4v) is 1.26. The first-order valence-electron chi connectivity index (χ1n) is 5.55. The first-order chi connectivity index (χ1) is 8.24. The Morgan fingerprint density at radius 3 is 1.41 bits per heavy atom. The van der Waals surface area contributed by atoms with Gasteiger partial charge in [-0.15, -0.1) is 0 Å². The summed E-state index contributed by atoms with van der Waals surface area (Å²) in [5.41, 5.74) is 7.48. The quantitative estimate of drug-likeness (QED) is 0.802. The summed E-state index contributed by atoms with van der Waals surface area (Å²) in [6.45, 7) is 1.63. The molecular formula is C15H17NO. The fraction of sp³-hybridized carbons (Fsp3) is 0.133. The molecule has 88 valence electrons. The summed E-state index contributed by atoms with van der Waals surface area (Å²) in [5.74, 6) is 0. The highest BCUT2D eigenvalue weighted by molar-refractivity contribution is 5.62. The molecule has 0 saturated carbocycles. The summed E-state index contributed by atoms with van der Waals surface area (Å²) in [5, 5.41) is 0. The van der Waals surface area contributed by atoms with Crippen LogP contribution >= 0.6 is 0 Å². The van der Waals surface area contributed by atoms with E-state index in [1.807, 2.05) is 12.1 Å². The molecule has 0 aliphatic heterocycles. The van der Waals surface area contributed by atoms with Gasteiger partial charge in [0.25, 0.3) is 0 Å². The van der Waals surface area contributed by atoms with Crippen molar-refractivity contribution in [3.8, 4) is 11.1 Å². The minimum absolute atomic E-state index is 0.296. The van der Waals surface area contributed by atoms with Gasteiger partial charge in [-0.05, 0) is 18.1 Å². The molecule has 0 aliphatic rings. The first-order valence-corrected chi connectivity index (χ1v) is 5.55. The zero-order valence-electron chi connectivity index (χ0n) is 9.91. The van der Waals surface area contributed by atoms with Crippen LogP contribution < -0.4 is 5.73 Å². The number of hydrogen-bond acceptors (Lipinski definition) is 2. The molecule has 1 atom stereocenters. The number of aldehydes is 1. The largest absolute Gasteiger partial charge is 0.322 e. The van der Waals surface area contributed by atoms with Crippen molar-refractivity contribution in [1.82, 2.24) is 0 Å². The van der Waals surface area contributed by atoms with Crippen LogP contribution in [0.5, 0.6) is 0 Å². The minimum Gasteiger partial charge on any atom is -0.322 e. The zero-order chi connectivity index (χ0) is 12.5. The first kappa shape index (κ1) is 13.1. The summed E-state index contributed by atoms with van der Waals surface area (Å²) >= 11 is 0. The van der Waals surface area contributed by atoms with Gasteiger partial charge in [0.1, 0.15) is 6.29 Å². The van der Waals surface area contributed by atoms with Crippen LogP contribution in [0.3, 0.4) is 0 Å². The predicted octanol–water partition coefficient (Wildman–Crippen LogP) is 2.89. The van der Waals surface area contributed by atoms with Gasteiger partial charge in [-0.3, -0.25) is 0 Å². The van der Waals surface area contributed by atoms with E-state index in [2.05, 4.69) is 48.5 Å². The minimum atomic E-state index is -0.296. The smallest absolute Gasteiger partial charge is 0.136 e. The molecule has 0 bridgehead atoms. The van der Waals surface area contributed by atoms with Crippen molar-refractivity contribution in [2.75, 3.05) is 0 Å². The topological polar surface area (TPSA) is 43.1 Å².